The van der Waals surface area contributed by atoms with Crippen molar-refractivity contribution in [1.29, 1.82) is 0 Å². The van der Waals surface area contributed by atoms with Crippen molar-refractivity contribution in [3.8, 4) is 0 Å². The molecule has 4 rings (SSSR count). The topological polar surface area (TPSA) is 95.9 Å². The molecule has 0 aromatic heterocycles. The minimum Gasteiger partial charge on any atom is -0.481 e. The predicted molar refractivity (Wildman–Crippen MR) is 81.5 cm³/mol. The first kappa shape index (κ1) is 15.8. The fourth-order valence-electron chi connectivity index (χ4n) is 3.96. The first-order chi connectivity index (χ1) is 11.1. The van der Waals surface area contributed by atoms with Gasteiger partial charge in [0.25, 0.3) is 0 Å². The van der Waals surface area contributed by atoms with Gasteiger partial charge in [-0.25, -0.2) is 4.79 Å². The van der Waals surface area contributed by atoms with Crippen molar-refractivity contribution in [2.24, 2.45) is 17.8 Å². The molecule has 2 bridgehead atoms. The van der Waals surface area contributed by atoms with Crippen molar-refractivity contribution in [3.05, 3.63) is 35.9 Å². The minimum atomic E-state index is -0.917. The number of aliphatic hydroxyl groups excluding tert-OH is 1. The highest BCUT2D eigenvalue weighted by atomic mass is 16.5. The number of nitrogens with one attached hydrogen (secondary N) is 1. The minimum absolute atomic E-state index is 0.0908. The molecule has 3 aliphatic rings. The second-order valence-electron chi connectivity index (χ2n) is 6.40. The molecular formula is C17H21NO5. The molecule has 3 saturated carbocycles. The van der Waals surface area contributed by atoms with Gasteiger partial charge in [-0.15, -0.1) is 0 Å². The molecule has 3 N–H and O–H groups in total. The van der Waals surface area contributed by atoms with E-state index < -0.39 is 30.1 Å². The summed E-state index contributed by atoms with van der Waals surface area (Å²) in [5.74, 6) is -1.88. The van der Waals surface area contributed by atoms with E-state index in [-0.39, 0.29) is 18.4 Å². The third kappa shape index (κ3) is 3.32. The van der Waals surface area contributed by atoms with Crippen LogP contribution in [0.4, 0.5) is 4.79 Å². The van der Waals surface area contributed by atoms with Crippen molar-refractivity contribution in [3.63, 3.8) is 0 Å². The van der Waals surface area contributed by atoms with Gasteiger partial charge in [-0.05, 0) is 30.7 Å². The molecule has 23 heavy (non-hydrogen) atoms. The molecule has 1 unspecified atom stereocenters. The van der Waals surface area contributed by atoms with Gasteiger partial charge >= 0.3 is 12.1 Å². The van der Waals surface area contributed by atoms with E-state index in [1.54, 1.807) is 0 Å². The van der Waals surface area contributed by atoms with E-state index in [2.05, 4.69) is 5.32 Å². The number of hydrogen-bond donors (Lipinski definition) is 3. The van der Waals surface area contributed by atoms with Gasteiger partial charge in [-0.1, -0.05) is 30.3 Å². The number of alkyl carbamates (subject to hydrolysis) is 1. The van der Waals surface area contributed by atoms with Crippen molar-refractivity contribution in [1.82, 2.24) is 5.32 Å². The number of carbonyl (C=O) groups is 2. The number of carbonyl (C=O) groups excluding carboxylic acids is 1. The van der Waals surface area contributed by atoms with Crippen LogP contribution in [0.1, 0.15) is 24.8 Å². The molecule has 6 nitrogen and oxygen atoms in total. The summed E-state index contributed by atoms with van der Waals surface area (Å²) in [7, 11) is 0. The van der Waals surface area contributed by atoms with Crippen molar-refractivity contribution in [2.75, 3.05) is 0 Å². The van der Waals surface area contributed by atoms with Crippen molar-refractivity contribution in [2.45, 2.75) is 38.0 Å². The van der Waals surface area contributed by atoms with Crippen LogP contribution in [0.5, 0.6) is 0 Å². The third-order valence-electron chi connectivity index (χ3n) is 5.05. The number of hydrogen-bond acceptors (Lipinski definition) is 4. The largest absolute Gasteiger partial charge is 0.481 e. The summed E-state index contributed by atoms with van der Waals surface area (Å²) in [5, 5.41) is 22.2. The van der Waals surface area contributed by atoms with Gasteiger partial charge in [0, 0.05) is 5.92 Å². The number of carboxylic acid groups (broad SMARTS) is 1. The first-order valence-electron chi connectivity index (χ1n) is 7.94. The molecule has 3 fully saturated rings. The summed E-state index contributed by atoms with van der Waals surface area (Å²) in [5.41, 5.74) is 0.864. The quantitative estimate of drug-likeness (QED) is 0.786. The number of rotatable bonds is 4. The lowest BCUT2D eigenvalue weighted by Gasteiger charge is -2.49. The molecule has 1 aromatic rings. The zero-order valence-corrected chi connectivity index (χ0v) is 12.7. The maximum absolute atomic E-state index is 12.0. The highest BCUT2D eigenvalue weighted by molar-refractivity contribution is 5.74. The Morgan fingerprint density at radius 3 is 2.61 bits per heavy atom. The smallest absolute Gasteiger partial charge is 0.407 e. The van der Waals surface area contributed by atoms with E-state index in [9.17, 15) is 19.8 Å². The highest BCUT2D eigenvalue weighted by Crippen LogP contribution is 2.45. The molecule has 124 valence electrons. The van der Waals surface area contributed by atoms with E-state index in [1.807, 2.05) is 30.3 Å². The lowest BCUT2D eigenvalue weighted by Crippen LogP contribution is -2.60. The Morgan fingerprint density at radius 1 is 1.22 bits per heavy atom. The first-order valence-corrected chi connectivity index (χ1v) is 7.94. The van der Waals surface area contributed by atoms with Crippen molar-refractivity contribution < 1.29 is 24.5 Å². The number of aliphatic hydroxyl groups is 1. The van der Waals surface area contributed by atoms with Gasteiger partial charge in [0.1, 0.15) is 6.61 Å². The fraction of sp³-hybridized carbons (Fsp3) is 0.529. The molecule has 6 heteroatoms. The summed E-state index contributed by atoms with van der Waals surface area (Å²) in [6.07, 6.45) is 0.835. The lowest BCUT2D eigenvalue weighted by molar-refractivity contribution is -0.154. The molecule has 5 atom stereocenters. The SMILES string of the molecule is O=C(N[C@@H]1[C@@H](C(=O)O)[C@H]2CC[C@@H]1C(O)C2)OCc1ccccc1. The molecule has 0 aliphatic heterocycles. The van der Waals surface area contributed by atoms with Gasteiger partial charge in [0.2, 0.25) is 0 Å². The van der Waals surface area contributed by atoms with Crippen LogP contribution in [0.15, 0.2) is 30.3 Å². The number of aliphatic carboxylic acids is 1. The third-order valence-corrected chi connectivity index (χ3v) is 5.05. The normalized spacial score (nSPS) is 32.3. The molecule has 0 heterocycles. The molecular weight excluding hydrogens is 298 g/mol. The number of amides is 1. The molecule has 1 aromatic carbocycles. The number of benzene rings is 1. The maximum atomic E-state index is 12.0. The Labute approximate surface area is 134 Å². The van der Waals surface area contributed by atoms with Crippen LogP contribution in [-0.4, -0.2) is 34.4 Å². The summed E-state index contributed by atoms with van der Waals surface area (Å²) < 4.78 is 5.18. The van der Waals surface area contributed by atoms with Crippen LogP contribution >= 0.6 is 0 Å². The molecule has 1 amide bonds. The molecule has 3 aliphatic carbocycles. The van der Waals surface area contributed by atoms with Crippen LogP contribution in [0, 0.1) is 17.8 Å². The average molecular weight is 319 g/mol. The second kappa shape index (κ2) is 6.58. The van der Waals surface area contributed by atoms with Gasteiger partial charge in [0.05, 0.1) is 18.1 Å². The molecule has 0 saturated heterocycles. The van der Waals surface area contributed by atoms with E-state index in [0.717, 1.165) is 18.4 Å². The number of carboxylic acids is 1. The standard InChI is InChI=1S/C17H21NO5/c19-13-8-11-6-7-12(13)15(14(11)16(20)21)18-17(22)23-9-10-4-2-1-3-5-10/h1-5,11-15,19H,6-9H2,(H,18,22)(H,20,21)/t11-,12+,13?,14-,15-/m0/s1. The molecule has 0 radical (unpaired) electrons. The molecule has 0 spiro atoms. The van der Waals surface area contributed by atoms with Crippen LogP contribution < -0.4 is 5.32 Å². The summed E-state index contributed by atoms with van der Waals surface area (Å²) >= 11 is 0. The Morgan fingerprint density at radius 2 is 1.96 bits per heavy atom. The number of fused-ring (bicyclic) bond motifs is 3. The van der Waals surface area contributed by atoms with Gasteiger partial charge in [0.15, 0.2) is 0 Å². The lowest BCUT2D eigenvalue weighted by atomic mass is 9.60. The van der Waals surface area contributed by atoms with Crippen LogP contribution in [-0.2, 0) is 16.1 Å². The van der Waals surface area contributed by atoms with E-state index in [0.29, 0.717) is 6.42 Å². The Balaban J connectivity index is 1.62. The monoisotopic (exact) mass is 319 g/mol. The van der Waals surface area contributed by atoms with Crippen LogP contribution in [0.3, 0.4) is 0 Å². The van der Waals surface area contributed by atoms with Gasteiger partial charge < -0.3 is 20.3 Å². The Hall–Kier alpha value is -2.08. The van der Waals surface area contributed by atoms with E-state index in [4.69, 9.17) is 4.74 Å². The van der Waals surface area contributed by atoms with Gasteiger partial charge in [-0.2, -0.15) is 0 Å². The average Bonchev–Trinajstić information content (AvgIpc) is 2.54. The van der Waals surface area contributed by atoms with E-state index >= 15 is 0 Å². The fourth-order valence-corrected chi connectivity index (χ4v) is 3.96. The summed E-state index contributed by atoms with van der Waals surface area (Å²) in [4.78, 5) is 23.6. The van der Waals surface area contributed by atoms with Crippen LogP contribution in [0.25, 0.3) is 0 Å². The summed E-state index contributed by atoms with van der Waals surface area (Å²) in [6.45, 7) is 0.133. The van der Waals surface area contributed by atoms with Gasteiger partial charge in [-0.3, -0.25) is 4.79 Å². The zero-order chi connectivity index (χ0) is 16.4. The number of ether oxygens (including phenoxy) is 1. The summed E-state index contributed by atoms with van der Waals surface area (Å²) in [6, 6.07) is 8.71. The Kier molecular flexibility index (Phi) is 4.52. The zero-order valence-electron chi connectivity index (χ0n) is 12.7. The Bertz CT molecular complexity index is 576. The van der Waals surface area contributed by atoms with Crippen molar-refractivity contribution >= 4 is 12.1 Å². The predicted octanol–water partition coefficient (Wildman–Crippen LogP) is 1.77. The van der Waals surface area contributed by atoms with E-state index in [1.165, 1.54) is 0 Å². The second-order valence-corrected chi connectivity index (χ2v) is 6.40. The van der Waals surface area contributed by atoms with Crippen LogP contribution in [0.2, 0.25) is 0 Å². The highest BCUT2D eigenvalue weighted by Gasteiger charge is 2.51. The maximum Gasteiger partial charge on any atom is 0.407 e.